The van der Waals surface area contributed by atoms with E-state index in [1.807, 2.05) is 0 Å². The highest BCUT2D eigenvalue weighted by atomic mass is 16.7. The van der Waals surface area contributed by atoms with E-state index in [-0.39, 0.29) is 6.23 Å². The highest BCUT2D eigenvalue weighted by molar-refractivity contribution is 4.68. The van der Waals surface area contributed by atoms with Crippen molar-refractivity contribution in [3.05, 3.63) is 0 Å². The van der Waals surface area contributed by atoms with Crippen LogP contribution in [0.1, 0.15) is 44.9 Å². The topological polar surface area (TPSA) is 28.2 Å². The lowest BCUT2D eigenvalue weighted by atomic mass is 10.1. The Morgan fingerprint density at radius 3 is 2.19 bits per heavy atom. The number of hydrogen-bond acceptors (Lipinski definition) is 5. The average molecular weight is 297 g/mol. The molecule has 0 N–H and O–H groups in total. The molecule has 5 heteroatoms. The van der Waals surface area contributed by atoms with E-state index in [2.05, 4.69) is 14.9 Å². The van der Waals surface area contributed by atoms with Crippen molar-refractivity contribution in [3.63, 3.8) is 0 Å². The summed E-state index contributed by atoms with van der Waals surface area (Å²) in [5, 5.41) is 2.11. The van der Waals surface area contributed by atoms with Gasteiger partial charge in [-0.2, -0.15) is 5.06 Å². The Labute approximate surface area is 129 Å². The van der Waals surface area contributed by atoms with Crippen LogP contribution in [0.2, 0.25) is 0 Å². The maximum Gasteiger partial charge on any atom is 0.134 e. The number of nitrogens with zero attached hydrogens (tertiary/aromatic N) is 3. The molecule has 3 fully saturated rings. The normalized spacial score (nSPS) is 29.4. The van der Waals surface area contributed by atoms with Crippen molar-refractivity contribution in [2.45, 2.75) is 51.2 Å². The van der Waals surface area contributed by atoms with Gasteiger partial charge >= 0.3 is 0 Å². The van der Waals surface area contributed by atoms with Crippen molar-refractivity contribution in [3.8, 4) is 0 Å². The van der Waals surface area contributed by atoms with Crippen LogP contribution >= 0.6 is 0 Å². The van der Waals surface area contributed by atoms with Gasteiger partial charge in [-0.05, 0) is 58.0 Å². The van der Waals surface area contributed by atoms with Crippen molar-refractivity contribution in [1.82, 2.24) is 14.9 Å². The van der Waals surface area contributed by atoms with Gasteiger partial charge in [0, 0.05) is 26.2 Å². The molecule has 3 aliphatic heterocycles. The standard InChI is InChI=1S/C16H31N3O2/c1-2-12-19(21-14-13-17-8-3-4-9-17)16(7-1)20-15-18-10-5-6-11-18/h16H,1-15H2. The molecular formula is C16H31N3O2. The Morgan fingerprint density at radius 1 is 0.762 bits per heavy atom. The number of hydrogen-bond donors (Lipinski definition) is 0. The minimum atomic E-state index is 0.165. The summed E-state index contributed by atoms with van der Waals surface area (Å²) in [5.74, 6) is 0. The lowest BCUT2D eigenvalue weighted by Crippen LogP contribution is -2.44. The van der Waals surface area contributed by atoms with E-state index in [0.717, 1.165) is 32.8 Å². The summed E-state index contributed by atoms with van der Waals surface area (Å²) in [6, 6.07) is 0. The second-order valence-electron chi connectivity index (χ2n) is 6.59. The fourth-order valence-corrected chi connectivity index (χ4v) is 3.59. The second kappa shape index (κ2) is 8.44. The van der Waals surface area contributed by atoms with Gasteiger partial charge in [0.15, 0.2) is 0 Å². The summed E-state index contributed by atoms with van der Waals surface area (Å²) in [7, 11) is 0. The van der Waals surface area contributed by atoms with E-state index in [1.165, 1.54) is 64.7 Å². The number of ether oxygens (including phenoxy) is 1. The van der Waals surface area contributed by atoms with Crippen LogP contribution in [0.25, 0.3) is 0 Å². The van der Waals surface area contributed by atoms with Gasteiger partial charge in [0.1, 0.15) is 13.0 Å². The predicted octanol–water partition coefficient (Wildman–Crippen LogP) is 1.90. The van der Waals surface area contributed by atoms with Crippen molar-refractivity contribution in [2.75, 3.05) is 52.6 Å². The molecular weight excluding hydrogens is 266 g/mol. The molecule has 3 saturated heterocycles. The summed E-state index contributed by atoms with van der Waals surface area (Å²) >= 11 is 0. The van der Waals surface area contributed by atoms with E-state index < -0.39 is 0 Å². The van der Waals surface area contributed by atoms with Gasteiger partial charge in [0.2, 0.25) is 0 Å². The first-order chi connectivity index (χ1) is 10.4. The Kier molecular flexibility index (Phi) is 6.30. The molecule has 0 amide bonds. The number of rotatable bonds is 7. The molecule has 0 aromatic carbocycles. The first kappa shape index (κ1) is 15.7. The minimum Gasteiger partial charge on any atom is -0.346 e. The SMILES string of the molecule is C1CCN(OCCN2CCCC2)C(OCN2CCCC2)C1. The molecule has 5 nitrogen and oxygen atoms in total. The summed E-state index contributed by atoms with van der Waals surface area (Å²) in [4.78, 5) is 10.9. The van der Waals surface area contributed by atoms with Gasteiger partial charge in [-0.15, -0.1) is 0 Å². The van der Waals surface area contributed by atoms with Crippen LogP contribution in [0.5, 0.6) is 0 Å². The monoisotopic (exact) mass is 297 g/mol. The van der Waals surface area contributed by atoms with Crippen LogP contribution in [0.15, 0.2) is 0 Å². The highest BCUT2D eigenvalue weighted by Gasteiger charge is 2.25. The number of likely N-dealkylation sites (tertiary alicyclic amines) is 2. The molecule has 0 aliphatic carbocycles. The molecule has 0 saturated carbocycles. The first-order valence-electron chi connectivity index (χ1n) is 8.88. The van der Waals surface area contributed by atoms with Crippen LogP contribution < -0.4 is 0 Å². The summed E-state index contributed by atoms with van der Waals surface area (Å²) in [6.07, 6.45) is 9.12. The molecule has 0 aromatic rings. The summed E-state index contributed by atoms with van der Waals surface area (Å²) in [6.45, 7) is 8.56. The molecule has 3 aliphatic rings. The van der Waals surface area contributed by atoms with Crippen molar-refractivity contribution in [2.24, 2.45) is 0 Å². The number of piperidine rings is 1. The molecule has 1 atom stereocenters. The Morgan fingerprint density at radius 2 is 1.43 bits per heavy atom. The lowest BCUT2D eigenvalue weighted by Gasteiger charge is -2.35. The zero-order valence-corrected chi connectivity index (χ0v) is 13.3. The molecule has 0 radical (unpaired) electrons. The van der Waals surface area contributed by atoms with Crippen LogP contribution in [-0.2, 0) is 9.57 Å². The summed E-state index contributed by atoms with van der Waals surface area (Å²) < 4.78 is 6.12. The molecule has 3 rings (SSSR count). The van der Waals surface area contributed by atoms with Crippen molar-refractivity contribution in [1.29, 1.82) is 0 Å². The fraction of sp³-hybridized carbons (Fsp3) is 1.00. The van der Waals surface area contributed by atoms with Gasteiger partial charge in [0.25, 0.3) is 0 Å². The van der Waals surface area contributed by atoms with E-state index in [0.29, 0.717) is 0 Å². The van der Waals surface area contributed by atoms with E-state index in [9.17, 15) is 0 Å². The quantitative estimate of drug-likeness (QED) is 0.715. The van der Waals surface area contributed by atoms with Gasteiger partial charge in [-0.25, -0.2) is 0 Å². The predicted molar refractivity (Wildman–Crippen MR) is 82.7 cm³/mol. The first-order valence-corrected chi connectivity index (χ1v) is 8.88. The molecule has 0 spiro atoms. The zero-order chi connectivity index (χ0) is 14.3. The molecule has 0 bridgehead atoms. The van der Waals surface area contributed by atoms with Crippen molar-refractivity contribution >= 4 is 0 Å². The Balaban J connectivity index is 1.36. The highest BCUT2D eigenvalue weighted by Crippen LogP contribution is 2.19. The molecule has 0 aromatic heterocycles. The fourth-order valence-electron chi connectivity index (χ4n) is 3.59. The van der Waals surface area contributed by atoms with Gasteiger partial charge in [-0.1, -0.05) is 0 Å². The van der Waals surface area contributed by atoms with Crippen LogP contribution in [0.3, 0.4) is 0 Å². The smallest absolute Gasteiger partial charge is 0.134 e. The van der Waals surface area contributed by atoms with Crippen molar-refractivity contribution < 1.29 is 9.57 Å². The third-order valence-corrected chi connectivity index (χ3v) is 4.91. The molecule has 1 unspecified atom stereocenters. The second-order valence-corrected chi connectivity index (χ2v) is 6.59. The molecule has 122 valence electrons. The maximum atomic E-state index is 6.12. The Hall–Kier alpha value is -0.200. The van der Waals surface area contributed by atoms with Crippen LogP contribution in [-0.4, -0.2) is 73.7 Å². The minimum absolute atomic E-state index is 0.165. The number of hydroxylamine groups is 2. The van der Waals surface area contributed by atoms with E-state index >= 15 is 0 Å². The van der Waals surface area contributed by atoms with Gasteiger partial charge in [-0.3, -0.25) is 9.74 Å². The summed E-state index contributed by atoms with van der Waals surface area (Å²) in [5.41, 5.74) is 0. The maximum absolute atomic E-state index is 6.12. The van der Waals surface area contributed by atoms with Crippen LogP contribution in [0, 0.1) is 0 Å². The Bertz CT molecular complexity index is 291. The van der Waals surface area contributed by atoms with E-state index in [1.54, 1.807) is 0 Å². The van der Waals surface area contributed by atoms with E-state index in [4.69, 9.17) is 9.57 Å². The molecule has 21 heavy (non-hydrogen) atoms. The van der Waals surface area contributed by atoms with Crippen LogP contribution in [0.4, 0.5) is 0 Å². The molecule has 3 heterocycles. The lowest BCUT2D eigenvalue weighted by molar-refractivity contribution is -0.272. The largest absolute Gasteiger partial charge is 0.346 e. The zero-order valence-electron chi connectivity index (χ0n) is 13.3. The third kappa shape index (κ3) is 4.89. The average Bonchev–Trinajstić information content (AvgIpc) is 3.20. The van der Waals surface area contributed by atoms with Gasteiger partial charge < -0.3 is 9.64 Å². The van der Waals surface area contributed by atoms with Gasteiger partial charge in [0.05, 0.1) is 6.61 Å². The third-order valence-electron chi connectivity index (χ3n) is 4.91.